The number of aliphatic hydroxyl groups is 2. The molecule has 0 unspecified atom stereocenters. The van der Waals surface area contributed by atoms with Crippen molar-refractivity contribution in [3.8, 4) is 0 Å². The molecule has 3 nitrogen and oxygen atoms in total. The quantitative estimate of drug-likeness (QED) is 0.657. The van der Waals surface area contributed by atoms with Crippen LogP contribution in [0.4, 0.5) is 0 Å². The number of Topliss-reactive ketones (excluding diaryl/α,β-unsaturated/α-hetero) is 1. The molecular weight excluding hydrogens is 168 g/mol. The average molecular weight is 182 g/mol. The first-order valence-corrected chi connectivity index (χ1v) is 4.25. The largest absolute Gasteiger partial charge is 0.395 e. The van der Waals surface area contributed by atoms with Crippen LogP contribution in [0.2, 0.25) is 0 Å². The van der Waals surface area contributed by atoms with Crippen molar-refractivity contribution in [3.63, 3.8) is 0 Å². The van der Waals surface area contributed by atoms with Crippen LogP contribution in [0.25, 0.3) is 0 Å². The summed E-state index contributed by atoms with van der Waals surface area (Å²) < 4.78 is 0. The van der Waals surface area contributed by atoms with E-state index in [1.54, 1.807) is 31.2 Å². The number of aliphatic hydroxyl groups excluding tert-OH is 2. The lowest BCUT2D eigenvalue weighted by atomic mass is 9.81. The van der Waals surface area contributed by atoms with Crippen LogP contribution in [-0.2, 0) is 4.79 Å². The molecule has 0 bridgehead atoms. The van der Waals surface area contributed by atoms with Gasteiger partial charge in [0.15, 0.2) is 5.78 Å². The van der Waals surface area contributed by atoms with Crippen molar-refractivity contribution in [1.82, 2.24) is 0 Å². The Morgan fingerprint density at radius 1 is 1.31 bits per heavy atom. The van der Waals surface area contributed by atoms with Crippen molar-refractivity contribution in [2.75, 3.05) is 13.2 Å². The molecule has 3 heteroatoms. The average Bonchev–Trinajstić information content (AvgIpc) is 2.68. The number of rotatable bonds is 4. The Labute approximate surface area is 77.4 Å². The first kappa shape index (κ1) is 10.2. The zero-order valence-electron chi connectivity index (χ0n) is 7.60. The van der Waals surface area contributed by atoms with Crippen molar-refractivity contribution < 1.29 is 15.0 Å². The van der Waals surface area contributed by atoms with Crippen LogP contribution in [0.5, 0.6) is 0 Å². The Bertz CT molecular complexity index is 237. The first-order chi connectivity index (χ1) is 6.14. The molecule has 0 aromatic rings. The number of hydrogen-bond donors (Lipinski definition) is 2. The van der Waals surface area contributed by atoms with Gasteiger partial charge in [0.05, 0.1) is 24.5 Å². The van der Waals surface area contributed by atoms with Crippen LogP contribution in [0.3, 0.4) is 0 Å². The molecule has 0 amide bonds. The molecule has 2 N–H and O–H groups in total. The fourth-order valence-corrected chi connectivity index (χ4v) is 1.21. The Balaban J connectivity index is 2.75. The van der Waals surface area contributed by atoms with E-state index < -0.39 is 5.41 Å². The van der Waals surface area contributed by atoms with Crippen LogP contribution < -0.4 is 0 Å². The number of allylic oxidation sites excluding steroid dienone is 4. The first-order valence-electron chi connectivity index (χ1n) is 4.25. The van der Waals surface area contributed by atoms with E-state index in [2.05, 4.69) is 0 Å². The second-order valence-corrected chi connectivity index (χ2v) is 3.54. The van der Waals surface area contributed by atoms with Gasteiger partial charge in [-0.05, 0) is 6.92 Å². The smallest absolute Gasteiger partial charge is 0.153 e. The minimum Gasteiger partial charge on any atom is -0.395 e. The van der Waals surface area contributed by atoms with Crippen molar-refractivity contribution >= 4 is 5.78 Å². The summed E-state index contributed by atoms with van der Waals surface area (Å²) in [5, 5.41) is 18.0. The zero-order chi connectivity index (χ0) is 9.90. The van der Waals surface area contributed by atoms with Gasteiger partial charge in [-0.15, -0.1) is 0 Å². The maximum Gasteiger partial charge on any atom is 0.153 e. The summed E-state index contributed by atoms with van der Waals surface area (Å²) in [4.78, 5) is 11.7. The van der Waals surface area contributed by atoms with Gasteiger partial charge in [-0.2, -0.15) is 0 Å². The molecular formula is C10H14O3. The lowest BCUT2D eigenvalue weighted by Crippen LogP contribution is -2.38. The van der Waals surface area contributed by atoms with Gasteiger partial charge in [0, 0.05) is 0 Å². The Morgan fingerprint density at radius 2 is 1.77 bits per heavy atom. The molecule has 0 heterocycles. The summed E-state index contributed by atoms with van der Waals surface area (Å²) in [7, 11) is 0. The van der Waals surface area contributed by atoms with E-state index in [-0.39, 0.29) is 24.9 Å². The Kier molecular flexibility index (Phi) is 3.01. The molecule has 0 radical (unpaired) electrons. The van der Waals surface area contributed by atoms with E-state index in [1.165, 1.54) is 0 Å². The molecule has 0 aromatic carbocycles. The maximum atomic E-state index is 11.7. The van der Waals surface area contributed by atoms with Gasteiger partial charge in [-0.1, -0.05) is 24.3 Å². The number of carbonyl (C=O) groups is 1. The highest BCUT2D eigenvalue weighted by molar-refractivity contribution is 5.90. The minimum atomic E-state index is -1.02. The van der Waals surface area contributed by atoms with E-state index in [0.717, 1.165) is 0 Å². The topological polar surface area (TPSA) is 57.5 Å². The van der Waals surface area contributed by atoms with Crippen molar-refractivity contribution in [2.45, 2.75) is 6.92 Å². The molecule has 0 atom stereocenters. The molecule has 72 valence electrons. The molecule has 0 aromatic heterocycles. The summed E-state index contributed by atoms with van der Waals surface area (Å²) in [6.07, 6.45) is 7.09. The normalized spacial score (nSPS) is 16.8. The third kappa shape index (κ3) is 1.87. The standard InChI is InChI=1S/C10H14O3/c1-10(6-11,7-12)9(13)8-4-2-3-5-8/h2-5,8,11-12H,6-7H2,1H3. The molecule has 0 fully saturated rings. The highest BCUT2D eigenvalue weighted by Gasteiger charge is 2.35. The van der Waals surface area contributed by atoms with Crippen LogP contribution in [0, 0.1) is 11.3 Å². The zero-order valence-corrected chi connectivity index (χ0v) is 7.60. The van der Waals surface area contributed by atoms with Gasteiger partial charge < -0.3 is 10.2 Å². The second kappa shape index (κ2) is 3.85. The lowest BCUT2D eigenvalue weighted by Gasteiger charge is -2.24. The monoisotopic (exact) mass is 182 g/mol. The van der Waals surface area contributed by atoms with Gasteiger partial charge in [-0.25, -0.2) is 0 Å². The molecule has 0 aliphatic heterocycles. The summed E-state index contributed by atoms with van der Waals surface area (Å²) in [6, 6.07) is 0. The molecule has 0 saturated carbocycles. The van der Waals surface area contributed by atoms with E-state index in [4.69, 9.17) is 10.2 Å². The van der Waals surface area contributed by atoms with Crippen LogP contribution in [0.1, 0.15) is 6.92 Å². The minimum absolute atomic E-state index is 0.137. The number of ketones is 1. The molecule has 0 spiro atoms. The third-order valence-electron chi connectivity index (χ3n) is 2.34. The van der Waals surface area contributed by atoms with Crippen molar-refractivity contribution in [2.24, 2.45) is 11.3 Å². The molecule has 1 aliphatic carbocycles. The molecule has 13 heavy (non-hydrogen) atoms. The lowest BCUT2D eigenvalue weighted by molar-refractivity contribution is -0.134. The fourth-order valence-electron chi connectivity index (χ4n) is 1.21. The Hall–Kier alpha value is -0.930. The van der Waals surface area contributed by atoms with Crippen LogP contribution in [0.15, 0.2) is 24.3 Å². The molecule has 0 saturated heterocycles. The Morgan fingerprint density at radius 3 is 2.15 bits per heavy atom. The number of hydrogen-bond acceptors (Lipinski definition) is 3. The SMILES string of the molecule is CC(CO)(CO)C(=O)C1C=CC=C1. The van der Waals surface area contributed by atoms with Crippen molar-refractivity contribution in [3.05, 3.63) is 24.3 Å². The summed E-state index contributed by atoms with van der Waals surface area (Å²) in [6.45, 7) is 0.927. The van der Waals surface area contributed by atoms with Gasteiger partial charge in [0.2, 0.25) is 0 Å². The van der Waals surface area contributed by atoms with Gasteiger partial charge in [0.25, 0.3) is 0 Å². The highest BCUT2D eigenvalue weighted by atomic mass is 16.3. The second-order valence-electron chi connectivity index (χ2n) is 3.54. The van der Waals surface area contributed by atoms with Gasteiger partial charge in [0.1, 0.15) is 0 Å². The maximum absolute atomic E-state index is 11.7. The summed E-state index contributed by atoms with van der Waals surface area (Å²) >= 11 is 0. The van der Waals surface area contributed by atoms with E-state index >= 15 is 0 Å². The van der Waals surface area contributed by atoms with E-state index in [9.17, 15) is 4.79 Å². The fraction of sp³-hybridized carbons (Fsp3) is 0.500. The van der Waals surface area contributed by atoms with E-state index in [0.29, 0.717) is 0 Å². The van der Waals surface area contributed by atoms with Gasteiger partial charge >= 0.3 is 0 Å². The van der Waals surface area contributed by atoms with Crippen LogP contribution >= 0.6 is 0 Å². The van der Waals surface area contributed by atoms with E-state index in [1.807, 2.05) is 0 Å². The molecule has 1 aliphatic rings. The summed E-state index contributed by atoms with van der Waals surface area (Å²) in [5.41, 5.74) is -1.02. The predicted molar refractivity (Wildman–Crippen MR) is 49.1 cm³/mol. The van der Waals surface area contributed by atoms with Crippen LogP contribution in [-0.4, -0.2) is 29.2 Å². The highest BCUT2D eigenvalue weighted by Crippen LogP contribution is 2.24. The third-order valence-corrected chi connectivity index (χ3v) is 2.34. The summed E-state index contributed by atoms with van der Waals surface area (Å²) in [5.74, 6) is -0.424. The van der Waals surface area contributed by atoms with Crippen molar-refractivity contribution in [1.29, 1.82) is 0 Å². The predicted octanol–water partition coefficient (Wildman–Crippen LogP) is 0.289. The number of carbonyl (C=O) groups excluding carboxylic acids is 1. The molecule has 1 rings (SSSR count). The van der Waals surface area contributed by atoms with Gasteiger partial charge in [-0.3, -0.25) is 4.79 Å².